The Bertz CT molecular complexity index is 426. The van der Waals surface area contributed by atoms with Crippen molar-refractivity contribution in [2.45, 2.75) is 52.0 Å². The van der Waals surface area contributed by atoms with Crippen molar-refractivity contribution >= 4 is 15.7 Å². The van der Waals surface area contributed by atoms with E-state index in [4.69, 9.17) is 5.73 Å². The monoisotopic (exact) mass is 318 g/mol. The van der Waals surface area contributed by atoms with Crippen molar-refractivity contribution in [3.8, 4) is 0 Å². The molecule has 124 valence electrons. The van der Waals surface area contributed by atoms with E-state index in [2.05, 4.69) is 19.2 Å². The average molecular weight is 318 g/mol. The minimum atomic E-state index is -3.06. The Morgan fingerprint density at radius 2 is 1.81 bits per heavy atom. The first-order valence-electron chi connectivity index (χ1n) is 7.90. The summed E-state index contributed by atoms with van der Waals surface area (Å²) in [6.45, 7) is 5.21. The molecule has 0 heterocycles. The maximum Gasteiger partial charge on any atom is 0.236 e. The van der Waals surface area contributed by atoms with Crippen LogP contribution in [0.3, 0.4) is 0 Å². The Labute approximate surface area is 129 Å². The second-order valence-electron chi connectivity index (χ2n) is 6.80. The van der Waals surface area contributed by atoms with E-state index in [1.54, 1.807) is 0 Å². The third-order valence-electron chi connectivity index (χ3n) is 4.54. The third-order valence-corrected chi connectivity index (χ3v) is 5.51. The molecule has 0 aromatic heterocycles. The Kier molecular flexibility index (Phi) is 7.13. The minimum Gasteiger partial charge on any atom is -0.354 e. The number of sulfone groups is 1. The molecule has 3 N–H and O–H groups in total. The summed E-state index contributed by atoms with van der Waals surface area (Å²) in [5, 5.41) is 2.87. The minimum absolute atomic E-state index is 0.0406. The van der Waals surface area contributed by atoms with Gasteiger partial charge in [-0.25, -0.2) is 8.42 Å². The average Bonchev–Trinajstić information content (AvgIpc) is 2.41. The van der Waals surface area contributed by atoms with Crippen molar-refractivity contribution in [2.75, 3.05) is 18.6 Å². The van der Waals surface area contributed by atoms with Crippen LogP contribution < -0.4 is 11.1 Å². The molecule has 1 atom stereocenters. The lowest BCUT2D eigenvalue weighted by Gasteiger charge is -2.31. The molecule has 1 unspecified atom stereocenters. The fraction of sp³-hybridized carbons (Fsp3) is 0.933. The standard InChI is InChI=1S/C15H30N2O3S/c1-11(2)13-6-4-12(5-7-13)10-17-15(18)14(16)8-9-21(3,19)20/h11-14H,4-10,16H2,1-3H3,(H,17,18). The van der Waals surface area contributed by atoms with Gasteiger partial charge >= 0.3 is 0 Å². The fourth-order valence-corrected chi connectivity index (χ4v) is 3.59. The molecule has 0 aromatic rings. The van der Waals surface area contributed by atoms with Crippen LogP contribution in [0.25, 0.3) is 0 Å². The lowest BCUT2D eigenvalue weighted by Crippen LogP contribution is -2.43. The molecule has 0 bridgehead atoms. The number of carbonyl (C=O) groups is 1. The molecule has 0 aromatic carbocycles. The number of hydrogen-bond donors (Lipinski definition) is 2. The first-order valence-corrected chi connectivity index (χ1v) is 9.96. The molecule has 0 spiro atoms. The molecule has 0 saturated heterocycles. The van der Waals surface area contributed by atoms with Crippen LogP contribution in [0.1, 0.15) is 46.0 Å². The smallest absolute Gasteiger partial charge is 0.236 e. The first kappa shape index (κ1) is 18.4. The van der Waals surface area contributed by atoms with Crippen LogP contribution in [0, 0.1) is 17.8 Å². The van der Waals surface area contributed by atoms with E-state index >= 15 is 0 Å². The molecule has 0 aliphatic heterocycles. The Morgan fingerprint density at radius 1 is 1.24 bits per heavy atom. The van der Waals surface area contributed by atoms with Crippen LogP contribution in [-0.2, 0) is 14.6 Å². The van der Waals surface area contributed by atoms with Crippen LogP contribution in [0.2, 0.25) is 0 Å². The molecule has 0 radical (unpaired) electrons. The highest BCUT2D eigenvalue weighted by Crippen LogP contribution is 2.32. The molecule has 5 nitrogen and oxygen atoms in total. The molecule has 1 saturated carbocycles. The van der Waals surface area contributed by atoms with Gasteiger partial charge in [0.1, 0.15) is 9.84 Å². The lowest BCUT2D eigenvalue weighted by atomic mass is 9.77. The van der Waals surface area contributed by atoms with E-state index in [1.807, 2.05) is 0 Å². The molecular formula is C15H30N2O3S. The highest BCUT2D eigenvalue weighted by molar-refractivity contribution is 7.90. The van der Waals surface area contributed by atoms with Gasteiger partial charge in [-0.3, -0.25) is 4.79 Å². The summed E-state index contributed by atoms with van der Waals surface area (Å²) in [6, 6.07) is -0.730. The second kappa shape index (κ2) is 8.13. The van der Waals surface area contributed by atoms with Gasteiger partial charge < -0.3 is 11.1 Å². The summed E-state index contributed by atoms with van der Waals surface area (Å²) >= 11 is 0. The van der Waals surface area contributed by atoms with Crippen LogP contribution in [-0.4, -0.2) is 38.9 Å². The van der Waals surface area contributed by atoms with Gasteiger partial charge in [0.2, 0.25) is 5.91 Å². The summed E-state index contributed by atoms with van der Waals surface area (Å²) in [5.41, 5.74) is 5.73. The van der Waals surface area contributed by atoms with Crippen LogP contribution in [0.15, 0.2) is 0 Å². The third kappa shape index (κ3) is 7.27. The van der Waals surface area contributed by atoms with Gasteiger partial charge in [0.05, 0.1) is 11.8 Å². The summed E-state index contributed by atoms with van der Waals surface area (Å²) in [4.78, 5) is 11.8. The number of rotatable bonds is 7. The predicted molar refractivity (Wildman–Crippen MR) is 85.6 cm³/mol. The normalized spacial score (nSPS) is 24.8. The van der Waals surface area contributed by atoms with Gasteiger partial charge in [-0.1, -0.05) is 13.8 Å². The molecule has 1 fully saturated rings. The zero-order valence-electron chi connectivity index (χ0n) is 13.5. The number of amides is 1. The highest BCUT2D eigenvalue weighted by Gasteiger charge is 2.24. The van der Waals surface area contributed by atoms with E-state index in [-0.39, 0.29) is 18.1 Å². The summed E-state index contributed by atoms with van der Waals surface area (Å²) in [6.07, 6.45) is 6.12. The van der Waals surface area contributed by atoms with E-state index in [9.17, 15) is 13.2 Å². The number of nitrogens with one attached hydrogen (secondary N) is 1. The Morgan fingerprint density at radius 3 is 2.29 bits per heavy atom. The maximum absolute atomic E-state index is 11.8. The molecule has 21 heavy (non-hydrogen) atoms. The second-order valence-corrected chi connectivity index (χ2v) is 9.05. The van der Waals surface area contributed by atoms with Crippen molar-refractivity contribution in [3.63, 3.8) is 0 Å². The SMILES string of the molecule is CC(C)C1CCC(CNC(=O)C(N)CCS(C)(=O)=O)CC1. The van der Waals surface area contributed by atoms with Gasteiger partial charge in [-0.05, 0) is 49.9 Å². The van der Waals surface area contributed by atoms with Crippen molar-refractivity contribution in [1.29, 1.82) is 0 Å². The molecular weight excluding hydrogens is 288 g/mol. The quantitative estimate of drug-likeness (QED) is 0.741. The van der Waals surface area contributed by atoms with Gasteiger partial charge in [-0.15, -0.1) is 0 Å². The first-order chi connectivity index (χ1) is 9.69. The highest BCUT2D eigenvalue weighted by atomic mass is 32.2. The zero-order valence-corrected chi connectivity index (χ0v) is 14.3. The van der Waals surface area contributed by atoms with Crippen molar-refractivity contribution in [2.24, 2.45) is 23.5 Å². The van der Waals surface area contributed by atoms with Crippen LogP contribution in [0.5, 0.6) is 0 Å². The zero-order chi connectivity index (χ0) is 16.0. The number of carbonyl (C=O) groups excluding carboxylic acids is 1. The van der Waals surface area contributed by atoms with Gasteiger partial charge in [0.25, 0.3) is 0 Å². The fourth-order valence-electron chi connectivity index (χ4n) is 2.91. The van der Waals surface area contributed by atoms with Crippen molar-refractivity contribution in [3.05, 3.63) is 0 Å². The molecule has 1 aliphatic carbocycles. The van der Waals surface area contributed by atoms with Crippen molar-refractivity contribution in [1.82, 2.24) is 5.32 Å². The van der Waals surface area contributed by atoms with Gasteiger partial charge in [0.15, 0.2) is 0 Å². The van der Waals surface area contributed by atoms with E-state index in [0.29, 0.717) is 12.5 Å². The van der Waals surface area contributed by atoms with Gasteiger partial charge in [0, 0.05) is 12.8 Å². The molecule has 1 aliphatic rings. The van der Waals surface area contributed by atoms with Crippen LogP contribution in [0.4, 0.5) is 0 Å². The molecule has 6 heteroatoms. The summed E-state index contributed by atoms with van der Waals surface area (Å²) < 4.78 is 22.1. The summed E-state index contributed by atoms with van der Waals surface area (Å²) in [5.74, 6) is 1.82. The largest absolute Gasteiger partial charge is 0.354 e. The molecule has 1 rings (SSSR count). The number of hydrogen-bond acceptors (Lipinski definition) is 4. The predicted octanol–water partition coefficient (Wildman–Crippen LogP) is 1.33. The van der Waals surface area contributed by atoms with E-state index in [1.165, 1.54) is 12.8 Å². The van der Waals surface area contributed by atoms with Gasteiger partial charge in [-0.2, -0.15) is 0 Å². The number of nitrogens with two attached hydrogens (primary N) is 1. The van der Waals surface area contributed by atoms with E-state index in [0.717, 1.165) is 30.9 Å². The summed E-state index contributed by atoms with van der Waals surface area (Å²) in [7, 11) is -3.06. The lowest BCUT2D eigenvalue weighted by molar-refractivity contribution is -0.122. The van der Waals surface area contributed by atoms with Crippen LogP contribution >= 0.6 is 0 Å². The topological polar surface area (TPSA) is 89.3 Å². The Hall–Kier alpha value is -0.620. The molecule has 1 amide bonds. The van der Waals surface area contributed by atoms with Crippen molar-refractivity contribution < 1.29 is 13.2 Å². The van der Waals surface area contributed by atoms with E-state index < -0.39 is 15.9 Å². The maximum atomic E-state index is 11.8. The Balaban J connectivity index is 2.24.